The number of rotatable bonds is 7. The van der Waals surface area contributed by atoms with Crippen molar-refractivity contribution >= 4 is 17.9 Å². The van der Waals surface area contributed by atoms with Crippen molar-refractivity contribution in [1.82, 2.24) is 15.5 Å². The summed E-state index contributed by atoms with van der Waals surface area (Å²) in [5.74, 6) is -1.22. The van der Waals surface area contributed by atoms with Crippen LogP contribution in [0.5, 0.6) is 0 Å². The minimum Gasteiger partial charge on any atom is -0.481 e. The summed E-state index contributed by atoms with van der Waals surface area (Å²) in [4.78, 5) is 36.1. The quantitative estimate of drug-likeness (QED) is 0.564. The van der Waals surface area contributed by atoms with Gasteiger partial charge in [0.15, 0.2) is 0 Å². The first-order chi connectivity index (χ1) is 9.95. The van der Waals surface area contributed by atoms with Crippen LogP contribution in [0.25, 0.3) is 0 Å². The molecule has 120 valence electrons. The molecule has 1 heterocycles. The third kappa shape index (κ3) is 5.58. The van der Waals surface area contributed by atoms with E-state index in [1.165, 1.54) is 12.0 Å². The van der Waals surface area contributed by atoms with Crippen molar-refractivity contribution in [2.45, 2.75) is 38.3 Å². The fourth-order valence-corrected chi connectivity index (χ4v) is 2.28. The highest BCUT2D eigenvalue weighted by molar-refractivity contribution is 5.87. The number of nitrogens with zero attached hydrogens (tertiary/aromatic N) is 1. The molecular weight excluding hydrogens is 278 g/mol. The van der Waals surface area contributed by atoms with Crippen LogP contribution >= 0.6 is 0 Å². The molecule has 1 rings (SSSR count). The van der Waals surface area contributed by atoms with E-state index < -0.39 is 18.0 Å². The molecule has 0 saturated carbocycles. The molecule has 0 radical (unpaired) electrons. The summed E-state index contributed by atoms with van der Waals surface area (Å²) in [6.45, 7) is 2.88. The summed E-state index contributed by atoms with van der Waals surface area (Å²) in [5, 5.41) is 14.1. The predicted molar refractivity (Wildman–Crippen MR) is 74.9 cm³/mol. The fourth-order valence-electron chi connectivity index (χ4n) is 2.28. The van der Waals surface area contributed by atoms with Crippen LogP contribution in [0.3, 0.4) is 0 Å². The lowest BCUT2D eigenvalue weighted by atomic mass is 10.1. The molecule has 1 aliphatic rings. The van der Waals surface area contributed by atoms with E-state index in [9.17, 15) is 14.4 Å². The number of carbonyl (C=O) groups excluding carboxylic acids is 2. The van der Waals surface area contributed by atoms with Gasteiger partial charge in [0.1, 0.15) is 6.04 Å². The molecule has 0 spiro atoms. The number of ether oxygens (including phenoxy) is 1. The molecule has 3 amide bonds. The predicted octanol–water partition coefficient (Wildman–Crippen LogP) is -0.214. The van der Waals surface area contributed by atoms with Gasteiger partial charge >= 0.3 is 12.0 Å². The monoisotopic (exact) mass is 301 g/mol. The Morgan fingerprint density at radius 3 is 2.76 bits per heavy atom. The second-order valence-corrected chi connectivity index (χ2v) is 5.04. The number of carboxylic acids is 1. The second-order valence-electron chi connectivity index (χ2n) is 5.04. The highest BCUT2D eigenvalue weighted by Crippen LogP contribution is 2.20. The van der Waals surface area contributed by atoms with Gasteiger partial charge in [0.2, 0.25) is 5.91 Å². The molecule has 8 heteroatoms. The Hall–Kier alpha value is -1.83. The largest absolute Gasteiger partial charge is 0.481 e. The summed E-state index contributed by atoms with van der Waals surface area (Å²) >= 11 is 0. The van der Waals surface area contributed by atoms with Crippen molar-refractivity contribution in [3.8, 4) is 0 Å². The van der Waals surface area contributed by atoms with Crippen LogP contribution in [0.2, 0.25) is 0 Å². The van der Waals surface area contributed by atoms with Gasteiger partial charge in [-0.15, -0.1) is 0 Å². The van der Waals surface area contributed by atoms with Gasteiger partial charge in [0, 0.05) is 26.2 Å². The number of carbonyl (C=O) groups is 3. The number of amides is 3. The van der Waals surface area contributed by atoms with E-state index in [4.69, 9.17) is 9.84 Å². The van der Waals surface area contributed by atoms with Crippen molar-refractivity contribution in [3.63, 3.8) is 0 Å². The van der Waals surface area contributed by atoms with Gasteiger partial charge in [-0.25, -0.2) is 4.79 Å². The van der Waals surface area contributed by atoms with Gasteiger partial charge in [-0.05, 0) is 19.8 Å². The minimum absolute atomic E-state index is 0.0676. The topological polar surface area (TPSA) is 108 Å². The molecule has 2 unspecified atom stereocenters. The summed E-state index contributed by atoms with van der Waals surface area (Å²) in [7, 11) is 1.54. The first-order valence-corrected chi connectivity index (χ1v) is 7.01. The second kappa shape index (κ2) is 8.46. The molecule has 0 aliphatic carbocycles. The molecule has 1 fully saturated rings. The molecular formula is C13H23N3O5. The Morgan fingerprint density at radius 2 is 2.14 bits per heavy atom. The zero-order valence-electron chi connectivity index (χ0n) is 12.4. The molecule has 0 aromatic carbocycles. The van der Waals surface area contributed by atoms with Crippen LogP contribution in [0, 0.1) is 0 Å². The molecule has 1 saturated heterocycles. The molecule has 2 atom stereocenters. The third-order valence-corrected chi connectivity index (χ3v) is 3.39. The highest BCUT2D eigenvalue weighted by Gasteiger charge is 2.31. The number of likely N-dealkylation sites (tertiary alicyclic amines) is 1. The van der Waals surface area contributed by atoms with E-state index in [2.05, 4.69) is 10.6 Å². The number of hydrogen-bond acceptors (Lipinski definition) is 4. The number of carboxylic acid groups (broad SMARTS) is 1. The summed E-state index contributed by atoms with van der Waals surface area (Å²) in [6, 6.07) is -1.38. The lowest BCUT2D eigenvalue weighted by molar-refractivity contribution is -0.138. The molecule has 0 aromatic rings. The van der Waals surface area contributed by atoms with Crippen LogP contribution in [0.1, 0.15) is 26.2 Å². The maximum Gasteiger partial charge on any atom is 0.318 e. The summed E-state index contributed by atoms with van der Waals surface area (Å²) in [5.41, 5.74) is 0. The lowest BCUT2D eigenvalue weighted by Gasteiger charge is -2.25. The van der Waals surface area contributed by atoms with E-state index >= 15 is 0 Å². The Morgan fingerprint density at radius 1 is 1.43 bits per heavy atom. The fraction of sp³-hybridized carbons (Fsp3) is 0.769. The number of hydrogen-bond donors (Lipinski definition) is 3. The molecule has 8 nitrogen and oxygen atoms in total. The smallest absolute Gasteiger partial charge is 0.318 e. The molecule has 1 aliphatic heterocycles. The zero-order valence-corrected chi connectivity index (χ0v) is 12.4. The third-order valence-electron chi connectivity index (χ3n) is 3.39. The Kier molecular flexibility index (Phi) is 6.93. The van der Waals surface area contributed by atoms with Gasteiger partial charge in [-0.3, -0.25) is 9.59 Å². The van der Waals surface area contributed by atoms with Gasteiger partial charge in [-0.2, -0.15) is 0 Å². The Labute approximate surface area is 123 Å². The molecule has 0 aromatic heterocycles. The van der Waals surface area contributed by atoms with Gasteiger partial charge < -0.3 is 25.4 Å². The maximum atomic E-state index is 12.1. The van der Waals surface area contributed by atoms with Crippen LogP contribution in [0.15, 0.2) is 0 Å². The Balaban J connectivity index is 2.44. The summed E-state index contributed by atoms with van der Waals surface area (Å²) in [6.07, 6.45) is 1.38. The van der Waals surface area contributed by atoms with Crippen molar-refractivity contribution in [2.75, 3.05) is 26.8 Å². The van der Waals surface area contributed by atoms with Gasteiger partial charge in [-0.1, -0.05) is 0 Å². The van der Waals surface area contributed by atoms with E-state index in [-0.39, 0.29) is 18.4 Å². The van der Waals surface area contributed by atoms with E-state index in [0.29, 0.717) is 26.1 Å². The number of urea groups is 1. The van der Waals surface area contributed by atoms with Crippen LogP contribution in [0.4, 0.5) is 4.79 Å². The van der Waals surface area contributed by atoms with Crippen LogP contribution < -0.4 is 10.6 Å². The average molecular weight is 301 g/mol. The minimum atomic E-state index is -0.926. The summed E-state index contributed by atoms with van der Waals surface area (Å²) < 4.78 is 4.82. The lowest BCUT2D eigenvalue weighted by Crippen LogP contribution is -2.51. The maximum absolute atomic E-state index is 12.1. The van der Waals surface area contributed by atoms with E-state index in [1.807, 2.05) is 0 Å². The Bertz CT molecular complexity index is 388. The van der Waals surface area contributed by atoms with Crippen LogP contribution in [-0.2, 0) is 14.3 Å². The zero-order chi connectivity index (χ0) is 15.8. The van der Waals surface area contributed by atoms with Crippen molar-refractivity contribution in [3.05, 3.63) is 0 Å². The van der Waals surface area contributed by atoms with Gasteiger partial charge in [0.25, 0.3) is 0 Å². The van der Waals surface area contributed by atoms with Crippen molar-refractivity contribution < 1.29 is 24.2 Å². The molecule has 21 heavy (non-hydrogen) atoms. The SMILES string of the molecule is COCCNC(=O)C(C)NC(=O)N1CCCC1CC(=O)O. The standard InChI is InChI=1S/C13H23N3O5/c1-9(12(19)14-5-7-21-2)15-13(20)16-6-3-4-10(16)8-11(17)18/h9-10H,3-8H2,1-2H3,(H,14,19)(H,15,20)(H,17,18). The van der Waals surface area contributed by atoms with Crippen molar-refractivity contribution in [1.29, 1.82) is 0 Å². The van der Waals surface area contributed by atoms with Crippen LogP contribution in [-0.4, -0.2) is 66.8 Å². The molecule has 0 bridgehead atoms. The first-order valence-electron chi connectivity index (χ1n) is 7.01. The highest BCUT2D eigenvalue weighted by atomic mass is 16.5. The number of aliphatic carboxylic acids is 1. The number of methoxy groups -OCH3 is 1. The number of nitrogens with one attached hydrogen (secondary N) is 2. The normalized spacial score (nSPS) is 19.1. The van der Waals surface area contributed by atoms with E-state index in [1.54, 1.807) is 6.92 Å². The first kappa shape index (κ1) is 17.2. The van der Waals surface area contributed by atoms with Gasteiger partial charge in [0.05, 0.1) is 13.0 Å². The van der Waals surface area contributed by atoms with E-state index in [0.717, 1.165) is 6.42 Å². The average Bonchev–Trinajstić information content (AvgIpc) is 2.86. The molecule has 3 N–H and O–H groups in total. The van der Waals surface area contributed by atoms with Crippen molar-refractivity contribution in [2.24, 2.45) is 0 Å².